The van der Waals surface area contributed by atoms with Gasteiger partial charge in [0, 0.05) is 36.2 Å². The summed E-state index contributed by atoms with van der Waals surface area (Å²) in [6.07, 6.45) is 0.177. The Morgan fingerprint density at radius 2 is 1.54 bits per heavy atom. The Hall–Kier alpha value is -4.77. The molecule has 292 valence electrons. The molecule has 1 fully saturated rings. The van der Waals surface area contributed by atoms with E-state index in [0.29, 0.717) is 5.56 Å². The molecule has 7 N–H and O–H groups in total. The van der Waals surface area contributed by atoms with E-state index in [0.717, 1.165) is 16.5 Å². The zero-order valence-electron chi connectivity index (χ0n) is 31.4. The number of aliphatic hydroxyl groups is 1. The van der Waals surface area contributed by atoms with Crippen LogP contribution >= 0.6 is 11.8 Å². The van der Waals surface area contributed by atoms with E-state index in [1.54, 1.807) is 58.2 Å². The van der Waals surface area contributed by atoms with Crippen molar-refractivity contribution in [1.29, 1.82) is 0 Å². The van der Waals surface area contributed by atoms with Crippen LogP contribution in [0.25, 0.3) is 10.9 Å². The summed E-state index contributed by atoms with van der Waals surface area (Å²) in [5.74, 6) is -4.19. The molecule has 0 radical (unpaired) electrons. The maximum Gasteiger partial charge on any atom is 0.254 e. The summed E-state index contributed by atoms with van der Waals surface area (Å²) >= 11 is 1.28. The molecule has 1 aromatic heterocycles. The first-order valence-corrected chi connectivity index (χ1v) is 19.0. The van der Waals surface area contributed by atoms with Crippen LogP contribution in [0.4, 0.5) is 0 Å². The number of imide groups is 1. The summed E-state index contributed by atoms with van der Waals surface area (Å²) in [4.78, 5) is 89.3. The van der Waals surface area contributed by atoms with Crippen LogP contribution in [0, 0.1) is 11.8 Å². The number of H-pyrrole nitrogens is 1. The Balaban J connectivity index is 1.52. The second kappa shape index (κ2) is 19.5. The lowest BCUT2D eigenvalue weighted by Gasteiger charge is -2.32. The van der Waals surface area contributed by atoms with Gasteiger partial charge in [0.25, 0.3) is 5.91 Å². The molecule has 0 bridgehead atoms. The van der Waals surface area contributed by atoms with E-state index in [1.165, 1.54) is 30.7 Å². The monoisotopic (exact) mass is 765 g/mol. The molecule has 0 saturated carbocycles. The van der Waals surface area contributed by atoms with E-state index in [1.807, 2.05) is 30.3 Å². The number of hydroxylamine groups is 1. The van der Waals surface area contributed by atoms with E-state index < -0.39 is 77.7 Å². The first kappa shape index (κ1) is 42.0. The maximum atomic E-state index is 14.0. The molecule has 6 amide bonds. The topological polar surface area (TPSA) is 211 Å². The Bertz CT molecular complexity index is 1790. The van der Waals surface area contributed by atoms with Gasteiger partial charge in [-0.3, -0.25) is 34.1 Å². The van der Waals surface area contributed by atoms with Crippen LogP contribution in [0.3, 0.4) is 0 Å². The normalized spacial score (nSPS) is 17.1. The van der Waals surface area contributed by atoms with Gasteiger partial charge in [-0.05, 0) is 35.4 Å². The minimum absolute atomic E-state index is 0.0441. The number of rotatable bonds is 17. The number of thioether (sulfide) groups is 1. The minimum Gasteiger partial charge on any atom is -0.381 e. The average molecular weight is 766 g/mol. The third-order valence-corrected chi connectivity index (χ3v) is 10.2. The summed E-state index contributed by atoms with van der Waals surface area (Å²) in [7, 11) is 1.36. The quantitative estimate of drug-likeness (QED) is 0.0976. The first-order chi connectivity index (χ1) is 25.7. The summed E-state index contributed by atoms with van der Waals surface area (Å²) < 4.78 is 0. The van der Waals surface area contributed by atoms with Crippen molar-refractivity contribution in [3.8, 4) is 0 Å². The largest absolute Gasteiger partial charge is 0.381 e. The molecule has 4 rings (SSSR count). The molecular weight excluding hydrogens is 715 g/mol. The third kappa shape index (κ3) is 10.9. The van der Waals surface area contributed by atoms with Crippen molar-refractivity contribution in [2.75, 3.05) is 18.7 Å². The molecule has 6 atom stereocenters. The van der Waals surface area contributed by atoms with Gasteiger partial charge in [0.15, 0.2) is 6.10 Å². The van der Waals surface area contributed by atoms with Crippen LogP contribution in [0.1, 0.15) is 45.7 Å². The molecule has 16 heteroatoms. The van der Waals surface area contributed by atoms with E-state index in [2.05, 4.69) is 31.7 Å². The van der Waals surface area contributed by atoms with Crippen LogP contribution in [-0.2, 0) is 46.4 Å². The van der Waals surface area contributed by atoms with Gasteiger partial charge < -0.3 is 35.8 Å². The number of fused-ring (bicyclic) bond motifs is 1. The van der Waals surface area contributed by atoms with Crippen molar-refractivity contribution in [1.82, 2.24) is 36.6 Å². The number of carbonyl (C=O) groups excluding carboxylic acids is 6. The summed E-state index contributed by atoms with van der Waals surface area (Å²) in [5, 5.41) is 23.1. The number of benzene rings is 2. The van der Waals surface area contributed by atoms with Gasteiger partial charge in [0.05, 0.1) is 19.0 Å². The second-order valence-corrected chi connectivity index (χ2v) is 15.0. The highest BCUT2D eigenvalue weighted by Crippen LogP contribution is 2.24. The average Bonchev–Trinajstić information content (AvgIpc) is 3.79. The lowest BCUT2D eigenvalue weighted by atomic mass is 9.97. The number of aromatic nitrogens is 1. The SMILES string of the molecule is CON[C@H](C(=O)NC(=O)[C@@H]1CSCN1C(=O)[C@@H](O)[C@H](Cc1ccccc1)NC(=O)[C@@H](NC(=O)[C@H](Cc1c[nH]c2ccccc12)NC(C)=O)C(C)C)C(C)C. The van der Waals surface area contributed by atoms with Crippen LogP contribution in [0.2, 0.25) is 0 Å². The van der Waals surface area contributed by atoms with Crippen molar-refractivity contribution >= 4 is 58.1 Å². The van der Waals surface area contributed by atoms with Crippen molar-refractivity contribution in [3.63, 3.8) is 0 Å². The molecule has 0 unspecified atom stereocenters. The van der Waals surface area contributed by atoms with Crippen molar-refractivity contribution in [3.05, 3.63) is 71.9 Å². The van der Waals surface area contributed by atoms with Crippen LogP contribution < -0.4 is 26.7 Å². The van der Waals surface area contributed by atoms with E-state index in [4.69, 9.17) is 4.84 Å². The van der Waals surface area contributed by atoms with E-state index in [9.17, 15) is 33.9 Å². The molecule has 0 spiro atoms. The molecule has 1 saturated heterocycles. The number of nitrogens with one attached hydrogen (secondary N) is 6. The van der Waals surface area contributed by atoms with Crippen molar-refractivity contribution in [2.24, 2.45) is 11.8 Å². The summed E-state index contributed by atoms with van der Waals surface area (Å²) in [6, 6.07) is 11.3. The fraction of sp³-hybridized carbons (Fsp3) is 0.474. The number of aromatic amines is 1. The standard InChI is InChI=1S/C38H51N7O8S/c1-21(2)31(42-34(48)29(40-23(5)46)17-25-18-39-27-15-11-10-14-26(25)27)36(50)41-28(16-24-12-8-7-9-13-24)33(47)38(52)45-20-54-19-30(45)35(49)43-37(51)32(22(3)4)44-53-6/h7-15,18,21-22,28-33,39,44,47H,16-17,19-20H2,1-6H3,(H,40,46)(H,41,50)(H,42,48)(H,43,49,51)/t28-,29-,30-,31-,32-,33-/m0/s1. The Morgan fingerprint density at radius 3 is 2.19 bits per heavy atom. The van der Waals surface area contributed by atoms with Crippen LogP contribution in [-0.4, -0.2) is 105 Å². The van der Waals surface area contributed by atoms with E-state index in [-0.39, 0.29) is 30.4 Å². The summed E-state index contributed by atoms with van der Waals surface area (Å²) in [6.45, 7) is 8.34. The van der Waals surface area contributed by atoms with Gasteiger partial charge in [-0.15, -0.1) is 11.8 Å². The number of aliphatic hydroxyl groups excluding tert-OH is 1. The lowest BCUT2D eigenvalue weighted by Crippen LogP contribution is -2.61. The van der Waals surface area contributed by atoms with E-state index >= 15 is 0 Å². The molecule has 1 aliphatic heterocycles. The fourth-order valence-electron chi connectivity index (χ4n) is 6.27. The second-order valence-electron chi connectivity index (χ2n) is 14.0. The molecular formula is C38H51N7O8S. The molecule has 3 aromatic rings. The van der Waals surface area contributed by atoms with Gasteiger partial charge >= 0.3 is 0 Å². The van der Waals surface area contributed by atoms with Gasteiger partial charge in [-0.25, -0.2) is 0 Å². The highest BCUT2D eigenvalue weighted by Gasteiger charge is 2.42. The van der Waals surface area contributed by atoms with Gasteiger partial charge in [0.1, 0.15) is 24.2 Å². The maximum absolute atomic E-state index is 14.0. The predicted octanol–water partition coefficient (Wildman–Crippen LogP) is 1.16. The Kier molecular flexibility index (Phi) is 15.2. The van der Waals surface area contributed by atoms with Gasteiger partial charge in [-0.1, -0.05) is 76.2 Å². The molecule has 2 heterocycles. The minimum atomic E-state index is -1.80. The zero-order valence-corrected chi connectivity index (χ0v) is 32.2. The number of nitrogens with zero attached hydrogens (tertiary/aromatic N) is 1. The number of hydrogen-bond donors (Lipinski definition) is 7. The molecule has 0 aliphatic carbocycles. The zero-order chi connectivity index (χ0) is 39.5. The number of para-hydroxylation sites is 1. The Labute approximate surface area is 319 Å². The van der Waals surface area contributed by atoms with Crippen LogP contribution in [0.15, 0.2) is 60.8 Å². The Morgan fingerprint density at radius 1 is 0.870 bits per heavy atom. The molecule has 15 nitrogen and oxygen atoms in total. The van der Waals surface area contributed by atoms with Gasteiger partial charge in [-0.2, -0.15) is 5.48 Å². The smallest absolute Gasteiger partial charge is 0.254 e. The number of hydrogen-bond acceptors (Lipinski definition) is 10. The first-order valence-electron chi connectivity index (χ1n) is 17.9. The third-order valence-electron chi connectivity index (χ3n) is 9.21. The highest BCUT2D eigenvalue weighted by molar-refractivity contribution is 7.99. The predicted molar refractivity (Wildman–Crippen MR) is 204 cm³/mol. The fourth-order valence-corrected chi connectivity index (χ4v) is 7.43. The molecule has 2 aromatic carbocycles. The lowest BCUT2D eigenvalue weighted by molar-refractivity contribution is -0.148. The van der Waals surface area contributed by atoms with Crippen LogP contribution in [0.5, 0.6) is 0 Å². The number of carbonyl (C=O) groups is 6. The number of amides is 6. The van der Waals surface area contributed by atoms with Crippen molar-refractivity contribution in [2.45, 2.75) is 83.8 Å². The molecule has 1 aliphatic rings. The molecule has 54 heavy (non-hydrogen) atoms. The van der Waals surface area contributed by atoms with Crippen molar-refractivity contribution < 1.29 is 38.7 Å². The van der Waals surface area contributed by atoms with Gasteiger partial charge in [0.2, 0.25) is 29.5 Å². The highest BCUT2D eigenvalue weighted by atomic mass is 32.2. The summed E-state index contributed by atoms with van der Waals surface area (Å²) in [5.41, 5.74) is 4.96.